The summed E-state index contributed by atoms with van der Waals surface area (Å²) in [7, 11) is 0. The minimum absolute atomic E-state index is 0.0313. The zero-order valence-electron chi connectivity index (χ0n) is 16.6. The van der Waals surface area contributed by atoms with Gasteiger partial charge < -0.3 is 5.32 Å². The van der Waals surface area contributed by atoms with Crippen molar-refractivity contribution >= 4 is 22.5 Å². The number of rotatable bonds is 3. The molecule has 1 aromatic heterocycles. The molecule has 0 aliphatic carbocycles. The molecule has 0 unspecified atom stereocenters. The van der Waals surface area contributed by atoms with E-state index in [0.717, 1.165) is 24.3 Å². The Morgan fingerprint density at radius 3 is 2.25 bits per heavy atom. The maximum absolute atomic E-state index is 13.3. The second kappa shape index (κ2) is 7.92. The minimum atomic E-state index is -4.50. The molecule has 1 N–H and O–H groups in total. The van der Waals surface area contributed by atoms with Crippen molar-refractivity contribution in [3.05, 3.63) is 99.9 Å². The van der Waals surface area contributed by atoms with Gasteiger partial charge in [-0.3, -0.25) is 14.2 Å². The van der Waals surface area contributed by atoms with Crippen LogP contribution < -0.4 is 10.9 Å². The Morgan fingerprint density at radius 2 is 1.62 bits per heavy atom. The van der Waals surface area contributed by atoms with Crippen LogP contribution in [0, 0.1) is 12.7 Å². The molecule has 0 aliphatic heterocycles. The average Bonchev–Trinajstić information content (AvgIpc) is 2.75. The molecule has 0 bridgehead atoms. The van der Waals surface area contributed by atoms with Crippen LogP contribution in [0.3, 0.4) is 0 Å². The fourth-order valence-corrected chi connectivity index (χ4v) is 3.28. The van der Waals surface area contributed by atoms with E-state index in [1.54, 1.807) is 19.1 Å². The molecular weight excluding hydrogens is 426 g/mol. The molecule has 4 aromatic rings. The van der Waals surface area contributed by atoms with Crippen LogP contribution in [-0.2, 0) is 6.18 Å². The predicted octanol–water partition coefficient (Wildman–Crippen LogP) is 5.10. The Labute approximate surface area is 179 Å². The van der Waals surface area contributed by atoms with Crippen molar-refractivity contribution in [1.29, 1.82) is 0 Å². The number of benzene rings is 3. The van der Waals surface area contributed by atoms with Crippen LogP contribution >= 0.6 is 0 Å². The monoisotopic (exact) mass is 441 g/mol. The molecule has 0 saturated carbocycles. The van der Waals surface area contributed by atoms with Gasteiger partial charge in [0, 0.05) is 11.3 Å². The highest BCUT2D eigenvalue weighted by atomic mass is 19.4. The van der Waals surface area contributed by atoms with Crippen molar-refractivity contribution in [2.45, 2.75) is 13.1 Å². The molecule has 9 heteroatoms. The highest BCUT2D eigenvalue weighted by Crippen LogP contribution is 2.29. The first kappa shape index (κ1) is 21.2. The van der Waals surface area contributed by atoms with Crippen molar-refractivity contribution in [2.24, 2.45) is 0 Å². The van der Waals surface area contributed by atoms with Gasteiger partial charge in [0.1, 0.15) is 11.6 Å². The van der Waals surface area contributed by atoms with Crippen LogP contribution in [-0.4, -0.2) is 15.5 Å². The summed E-state index contributed by atoms with van der Waals surface area (Å²) in [6.07, 6.45) is -4.50. The molecule has 0 saturated heterocycles. The van der Waals surface area contributed by atoms with Crippen molar-refractivity contribution in [2.75, 3.05) is 5.32 Å². The van der Waals surface area contributed by atoms with Gasteiger partial charge in [-0.2, -0.15) is 13.2 Å². The van der Waals surface area contributed by atoms with E-state index in [9.17, 15) is 27.2 Å². The number of halogens is 4. The van der Waals surface area contributed by atoms with Crippen LogP contribution in [0.1, 0.15) is 21.7 Å². The van der Waals surface area contributed by atoms with Gasteiger partial charge in [-0.25, -0.2) is 9.37 Å². The lowest BCUT2D eigenvalue weighted by molar-refractivity contribution is -0.137. The number of aromatic nitrogens is 2. The highest BCUT2D eigenvalue weighted by molar-refractivity contribution is 6.05. The number of alkyl halides is 3. The quantitative estimate of drug-likeness (QED) is 0.450. The molecule has 32 heavy (non-hydrogen) atoms. The van der Waals surface area contributed by atoms with E-state index in [4.69, 9.17) is 0 Å². The normalized spacial score (nSPS) is 11.5. The van der Waals surface area contributed by atoms with E-state index in [1.165, 1.54) is 34.9 Å². The van der Waals surface area contributed by atoms with Gasteiger partial charge in [-0.05, 0) is 73.7 Å². The second-order valence-corrected chi connectivity index (χ2v) is 7.04. The third-order valence-electron chi connectivity index (χ3n) is 4.85. The molecular formula is C23H15F4N3O2. The topological polar surface area (TPSA) is 64.0 Å². The standard InChI is InChI=1S/C23H15F4N3O2/c1-13-28-20-11-8-17(29-21(31)14-2-4-15(5-3-14)23(25,26)27)12-19(20)22(32)30(13)18-9-6-16(24)7-10-18/h2-12H,1H3,(H,29,31). The summed E-state index contributed by atoms with van der Waals surface area (Å²) in [6, 6.07) is 13.7. The third-order valence-corrected chi connectivity index (χ3v) is 4.85. The number of hydrogen-bond acceptors (Lipinski definition) is 3. The number of carbonyl (C=O) groups excluding carboxylic acids is 1. The molecule has 0 atom stereocenters. The van der Waals surface area contributed by atoms with Crippen molar-refractivity contribution in [3.63, 3.8) is 0 Å². The van der Waals surface area contributed by atoms with Gasteiger partial charge in [-0.15, -0.1) is 0 Å². The molecule has 4 rings (SSSR count). The second-order valence-electron chi connectivity index (χ2n) is 7.04. The van der Waals surface area contributed by atoms with Crippen LogP contribution in [0.15, 0.2) is 71.5 Å². The molecule has 0 fully saturated rings. The van der Waals surface area contributed by atoms with Gasteiger partial charge in [0.05, 0.1) is 22.2 Å². The number of nitrogens with zero attached hydrogens (tertiary/aromatic N) is 2. The third kappa shape index (κ3) is 4.09. The van der Waals surface area contributed by atoms with Crippen LogP contribution in [0.2, 0.25) is 0 Å². The van der Waals surface area contributed by atoms with E-state index in [-0.39, 0.29) is 16.6 Å². The lowest BCUT2D eigenvalue weighted by Gasteiger charge is -2.12. The molecule has 162 valence electrons. The Bertz CT molecular complexity index is 1380. The van der Waals surface area contributed by atoms with Gasteiger partial charge in [0.25, 0.3) is 11.5 Å². The maximum Gasteiger partial charge on any atom is 0.416 e. The summed E-state index contributed by atoms with van der Waals surface area (Å²) in [5.41, 5.74) is -0.132. The summed E-state index contributed by atoms with van der Waals surface area (Å²) in [4.78, 5) is 29.9. The first-order valence-corrected chi connectivity index (χ1v) is 9.41. The zero-order valence-corrected chi connectivity index (χ0v) is 16.6. The lowest BCUT2D eigenvalue weighted by atomic mass is 10.1. The first-order chi connectivity index (χ1) is 15.1. The number of hydrogen-bond donors (Lipinski definition) is 1. The van der Waals surface area contributed by atoms with Crippen molar-refractivity contribution in [1.82, 2.24) is 9.55 Å². The molecule has 0 radical (unpaired) electrons. The summed E-state index contributed by atoms with van der Waals surface area (Å²) in [5, 5.41) is 2.78. The van der Waals surface area contributed by atoms with E-state index in [0.29, 0.717) is 17.0 Å². The number of fused-ring (bicyclic) bond motifs is 1. The average molecular weight is 441 g/mol. The molecule has 1 heterocycles. The van der Waals surface area contributed by atoms with Gasteiger partial charge >= 0.3 is 6.18 Å². The zero-order chi connectivity index (χ0) is 23.0. The van der Waals surface area contributed by atoms with E-state index in [1.807, 2.05) is 0 Å². The van der Waals surface area contributed by atoms with E-state index < -0.39 is 29.0 Å². The summed E-state index contributed by atoms with van der Waals surface area (Å²) < 4.78 is 52.7. The molecule has 3 aromatic carbocycles. The molecule has 1 amide bonds. The van der Waals surface area contributed by atoms with Crippen LogP contribution in [0.25, 0.3) is 16.6 Å². The maximum atomic E-state index is 13.3. The largest absolute Gasteiger partial charge is 0.416 e. The molecule has 0 spiro atoms. The Hall–Kier alpha value is -4.01. The Balaban J connectivity index is 1.68. The molecule has 5 nitrogen and oxygen atoms in total. The fraction of sp³-hybridized carbons (Fsp3) is 0.0870. The SMILES string of the molecule is Cc1nc2ccc(NC(=O)c3ccc(C(F)(F)F)cc3)cc2c(=O)n1-c1ccc(F)cc1. The fourth-order valence-electron chi connectivity index (χ4n) is 3.28. The number of aryl methyl sites for hydroxylation is 1. The van der Waals surface area contributed by atoms with Gasteiger partial charge in [-0.1, -0.05) is 0 Å². The van der Waals surface area contributed by atoms with Crippen LogP contribution in [0.5, 0.6) is 0 Å². The lowest BCUT2D eigenvalue weighted by Crippen LogP contribution is -2.22. The number of anilines is 1. The number of nitrogens with one attached hydrogen (secondary N) is 1. The van der Waals surface area contributed by atoms with Gasteiger partial charge in [0.15, 0.2) is 0 Å². The van der Waals surface area contributed by atoms with Crippen molar-refractivity contribution in [3.8, 4) is 5.69 Å². The highest BCUT2D eigenvalue weighted by Gasteiger charge is 2.30. The van der Waals surface area contributed by atoms with Crippen molar-refractivity contribution < 1.29 is 22.4 Å². The summed E-state index contributed by atoms with van der Waals surface area (Å²) in [6.45, 7) is 1.64. The Morgan fingerprint density at radius 1 is 0.969 bits per heavy atom. The van der Waals surface area contributed by atoms with E-state index >= 15 is 0 Å². The predicted molar refractivity (Wildman–Crippen MR) is 111 cm³/mol. The minimum Gasteiger partial charge on any atom is -0.322 e. The first-order valence-electron chi connectivity index (χ1n) is 9.41. The Kier molecular flexibility index (Phi) is 5.25. The van der Waals surface area contributed by atoms with Crippen LogP contribution in [0.4, 0.5) is 23.2 Å². The number of amides is 1. The summed E-state index contributed by atoms with van der Waals surface area (Å²) >= 11 is 0. The van der Waals surface area contributed by atoms with Gasteiger partial charge in [0.2, 0.25) is 0 Å². The smallest absolute Gasteiger partial charge is 0.322 e. The summed E-state index contributed by atoms with van der Waals surface area (Å²) in [5.74, 6) is -0.672. The van der Waals surface area contributed by atoms with E-state index in [2.05, 4.69) is 10.3 Å². The molecule has 0 aliphatic rings. The number of carbonyl (C=O) groups is 1.